The fourth-order valence-electron chi connectivity index (χ4n) is 1.71. The SMILES string of the molecule is CCOC(=O)C[C@@H](C)SCc1nc2ccccc2o1. The van der Waals surface area contributed by atoms with Crippen LogP contribution in [-0.2, 0) is 15.3 Å². The van der Waals surface area contributed by atoms with Crippen LogP contribution in [0, 0.1) is 0 Å². The molecule has 0 aliphatic rings. The van der Waals surface area contributed by atoms with E-state index in [1.807, 2.05) is 38.1 Å². The lowest BCUT2D eigenvalue weighted by atomic mass is 10.3. The smallest absolute Gasteiger partial charge is 0.306 e. The normalized spacial score (nSPS) is 12.5. The lowest BCUT2D eigenvalue weighted by Gasteiger charge is -2.08. The summed E-state index contributed by atoms with van der Waals surface area (Å²) in [6, 6.07) is 7.69. The molecule has 1 aromatic heterocycles. The molecule has 0 aliphatic heterocycles. The Labute approximate surface area is 116 Å². The second kappa shape index (κ2) is 6.61. The molecule has 0 spiro atoms. The van der Waals surface area contributed by atoms with E-state index in [1.165, 1.54) is 0 Å². The highest BCUT2D eigenvalue weighted by molar-refractivity contribution is 7.99. The highest BCUT2D eigenvalue weighted by Crippen LogP contribution is 2.23. The average molecular weight is 279 g/mol. The van der Waals surface area contributed by atoms with Crippen LogP contribution in [0.3, 0.4) is 0 Å². The van der Waals surface area contributed by atoms with Gasteiger partial charge in [0.25, 0.3) is 0 Å². The molecule has 19 heavy (non-hydrogen) atoms. The van der Waals surface area contributed by atoms with Gasteiger partial charge < -0.3 is 9.15 Å². The summed E-state index contributed by atoms with van der Waals surface area (Å²) in [4.78, 5) is 15.7. The molecule has 0 bridgehead atoms. The second-order valence-corrected chi connectivity index (χ2v) is 5.63. The first-order valence-corrected chi connectivity index (χ1v) is 7.35. The third-order valence-corrected chi connectivity index (χ3v) is 3.74. The number of carbonyl (C=O) groups is 1. The van der Waals surface area contributed by atoms with Crippen LogP contribution in [0.15, 0.2) is 28.7 Å². The van der Waals surface area contributed by atoms with Gasteiger partial charge >= 0.3 is 5.97 Å². The second-order valence-electron chi connectivity index (χ2n) is 4.21. The maximum atomic E-state index is 11.3. The molecule has 0 fully saturated rings. The summed E-state index contributed by atoms with van der Waals surface area (Å²) in [6.45, 7) is 4.25. The molecule has 0 saturated carbocycles. The fourth-order valence-corrected chi connectivity index (χ4v) is 2.51. The Kier molecular flexibility index (Phi) is 4.85. The van der Waals surface area contributed by atoms with E-state index in [2.05, 4.69) is 4.98 Å². The van der Waals surface area contributed by atoms with Crippen molar-refractivity contribution < 1.29 is 13.9 Å². The van der Waals surface area contributed by atoms with Gasteiger partial charge in [-0.05, 0) is 19.1 Å². The van der Waals surface area contributed by atoms with Crippen LogP contribution in [0.5, 0.6) is 0 Å². The third kappa shape index (κ3) is 3.99. The Morgan fingerprint density at radius 1 is 1.47 bits per heavy atom. The quantitative estimate of drug-likeness (QED) is 0.758. The Hall–Kier alpha value is -1.49. The molecule has 2 rings (SSSR count). The van der Waals surface area contributed by atoms with Crippen LogP contribution in [-0.4, -0.2) is 22.8 Å². The zero-order chi connectivity index (χ0) is 13.7. The number of oxazole rings is 1. The molecule has 0 radical (unpaired) electrons. The standard InChI is InChI=1S/C14H17NO3S/c1-3-17-14(16)8-10(2)19-9-13-15-11-6-4-5-7-12(11)18-13/h4-7,10H,3,8-9H2,1-2H3/t10-/m1/s1. The predicted molar refractivity (Wildman–Crippen MR) is 76.0 cm³/mol. The Balaban J connectivity index is 1.86. The summed E-state index contributed by atoms with van der Waals surface area (Å²) in [5.74, 6) is 1.21. The van der Waals surface area contributed by atoms with Gasteiger partial charge in [-0.25, -0.2) is 4.98 Å². The summed E-state index contributed by atoms with van der Waals surface area (Å²) in [5, 5.41) is 0.189. The molecule has 0 unspecified atom stereocenters. The number of nitrogens with zero attached hydrogens (tertiary/aromatic N) is 1. The summed E-state index contributed by atoms with van der Waals surface area (Å²) in [5.41, 5.74) is 1.67. The Morgan fingerprint density at radius 3 is 3.00 bits per heavy atom. The number of esters is 1. The van der Waals surface area contributed by atoms with E-state index in [1.54, 1.807) is 11.8 Å². The van der Waals surface area contributed by atoms with E-state index in [4.69, 9.17) is 9.15 Å². The van der Waals surface area contributed by atoms with Gasteiger partial charge in [0.1, 0.15) is 5.52 Å². The van der Waals surface area contributed by atoms with Crippen molar-refractivity contribution in [2.24, 2.45) is 0 Å². The van der Waals surface area contributed by atoms with Gasteiger partial charge in [-0.2, -0.15) is 0 Å². The lowest BCUT2D eigenvalue weighted by molar-refractivity contribution is -0.142. The van der Waals surface area contributed by atoms with Crippen molar-refractivity contribution in [1.82, 2.24) is 4.98 Å². The molecule has 0 N–H and O–H groups in total. The van der Waals surface area contributed by atoms with Crippen LogP contribution in [0.2, 0.25) is 0 Å². The van der Waals surface area contributed by atoms with E-state index in [0.29, 0.717) is 24.7 Å². The largest absolute Gasteiger partial charge is 0.466 e. The first-order chi connectivity index (χ1) is 9.19. The summed E-state index contributed by atoms with van der Waals surface area (Å²) < 4.78 is 10.5. The molecule has 102 valence electrons. The molecule has 0 amide bonds. The molecular formula is C14H17NO3S. The lowest BCUT2D eigenvalue weighted by Crippen LogP contribution is -2.10. The third-order valence-electron chi connectivity index (χ3n) is 2.59. The highest BCUT2D eigenvalue weighted by atomic mass is 32.2. The van der Waals surface area contributed by atoms with Gasteiger partial charge in [0, 0.05) is 5.25 Å². The summed E-state index contributed by atoms with van der Waals surface area (Å²) in [7, 11) is 0. The Bertz CT molecular complexity index is 519. The molecule has 1 atom stereocenters. The maximum Gasteiger partial charge on any atom is 0.306 e. The van der Waals surface area contributed by atoms with Crippen molar-refractivity contribution in [3.63, 3.8) is 0 Å². The molecule has 4 nitrogen and oxygen atoms in total. The zero-order valence-electron chi connectivity index (χ0n) is 11.1. The van der Waals surface area contributed by atoms with E-state index in [-0.39, 0.29) is 11.2 Å². The predicted octanol–water partition coefficient (Wildman–Crippen LogP) is 3.40. The van der Waals surface area contributed by atoms with E-state index in [9.17, 15) is 4.79 Å². The monoisotopic (exact) mass is 279 g/mol. The molecule has 1 heterocycles. The first kappa shape index (κ1) is 13.9. The number of benzene rings is 1. The number of aromatic nitrogens is 1. The minimum atomic E-state index is -0.153. The average Bonchev–Trinajstić information content (AvgIpc) is 2.79. The van der Waals surface area contributed by atoms with Gasteiger partial charge in [0.05, 0.1) is 18.8 Å². The molecule has 0 saturated heterocycles. The summed E-state index contributed by atoms with van der Waals surface area (Å²) >= 11 is 1.64. The zero-order valence-corrected chi connectivity index (χ0v) is 11.9. The summed E-state index contributed by atoms with van der Waals surface area (Å²) in [6.07, 6.45) is 0.415. The van der Waals surface area contributed by atoms with Crippen molar-refractivity contribution in [1.29, 1.82) is 0 Å². The number of ether oxygens (including phenoxy) is 1. The number of rotatable bonds is 6. The van der Waals surface area contributed by atoms with Crippen molar-refractivity contribution >= 4 is 28.8 Å². The Morgan fingerprint density at radius 2 is 2.26 bits per heavy atom. The fraction of sp³-hybridized carbons (Fsp3) is 0.429. The minimum Gasteiger partial charge on any atom is -0.466 e. The van der Waals surface area contributed by atoms with Gasteiger partial charge in [-0.3, -0.25) is 4.79 Å². The maximum absolute atomic E-state index is 11.3. The van der Waals surface area contributed by atoms with Gasteiger partial charge in [-0.15, -0.1) is 11.8 Å². The van der Waals surface area contributed by atoms with Crippen LogP contribution in [0.4, 0.5) is 0 Å². The highest BCUT2D eigenvalue weighted by Gasteiger charge is 2.12. The van der Waals surface area contributed by atoms with E-state index >= 15 is 0 Å². The molecule has 2 aromatic rings. The number of para-hydroxylation sites is 2. The van der Waals surface area contributed by atoms with Gasteiger partial charge in [0.15, 0.2) is 5.58 Å². The van der Waals surface area contributed by atoms with Crippen LogP contribution in [0.1, 0.15) is 26.2 Å². The van der Waals surface area contributed by atoms with Crippen molar-refractivity contribution in [2.45, 2.75) is 31.3 Å². The van der Waals surface area contributed by atoms with E-state index < -0.39 is 0 Å². The van der Waals surface area contributed by atoms with Gasteiger partial charge in [-0.1, -0.05) is 19.1 Å². The number of fused-ring (bicyclic) bond motifs is 1. The number of thioether (sulfide) groups is 1. The first-order valence-electron chi connectivity index (χ1n) is 6.30. The van der Waals surface area contributed by atoms with Crippen LogP contribution in [0.25, 0.3) is 11.1 Å². The number of carbonyl (C=O) groups excluding carboxylic acids is 1. The van der Waals surface area contributed by atoms with Crippen LogP contribution < -0.4 is 0 Å². The topological polar surface area (TPSA) is 52.3 Å². The van der Waals surface area contributed by atoms with Crippen molar-refractivity contribution in [3.8, 4) is 0 Å². The minimum absolute atomic E-state index is 0.153. The molecule has 5 heteroatoms. The van der Waals surface area contributed by atoms with Crippen molar-refractivity contribution in [2.75, 3.05) is 6.61 Å². The molecular weight excluding hydrogens is 262 g/mol. The number of hydrogen-bond donors (Lipinski definition) is 0. The van der Waals surface area contributed by atoms with Crippen molar-refractivity contribution in [3.05, 3.63) is 30.2 Å². The number of hydrogen-bond acceptors (Lipinski definition) is 5. The van der Waals surface area contributed by atoms with Gasteiger partial charge in [0.2, 0.25) is 5.89 Å². The molecule has 0 aliphatic carbocycles. The van der Waals surface area contributed by atoms with E-state index in [0.717, 1.165) is 11.1 Å². The molecule has 1 aromatic carbocycles. The van der Waals surface area contributed by atoms with Crippen LogP contribution >= 0.6 is 11.8 Å².